The van der Waals surface area contributed by atoms with Gasteiger partial charge in [0.1, 0.15) is 11.9 Å². The second kappa shape index (κ2) is 8.23. The minimum absolute atomic E-state index is 0.131. The van der Waals surface area contributed by atoms with Crippen molar-refractivity contribution in [1.82, 2.24) is 0 Å². The molecule has 0 saturated heterocycles. The number of carbonyl (C=O) groups is 1. The third-order valence-corrected chi connectivity index (χ3v) is 3.57. The van der Waals surface area contributed by atoms with Crippen molar-refractivity contribution in [2.75, 3.05) is 32.0 Å². The first kappa shape index (κ1) is 18.4. The zero-order chi connectivity index (χ0) is 18.4. The van der Waals surface area contributed by atoms with Gasteiger partial charge >= 0.3 is 0 Å². The van der Waals surface area contributed by atoms with E-state index < -0.39 is 11.9 Å². The molecule has 0 fully saturated rings. The molecule has 0 bridgehead atoms. The molecule has 0 radical (unpaired) electrons. The molecule has 0 spiro atoms. The minimum Gasteiger partial charge on any atom is -0.493 e. The molecule has 25 heavy (non-hydrogen) atoms. The van der Waals surface area contributed by atoms with E-state index in [0.29, 0.717) is 22.9 Å². The van der Waals surface area contributed by atoms with Crippen molar-refractivity contribution in [2.24, 2.45) is 0 Å². The van der Waals surface area contributed by atoms with E-state index in [4.69, 9.17) is 14.2 Å². The van der Waals surface area contributed by atoms with Crippen LogP contribution in [0.3, 0.4) is 0 Å². The molecule has 2 aromatic rings. The van der Waals surface area contributed by atoms with E-state index in [2.05, 4.69) is 10.6 Å². The van der Waals surface area contributed by atoms with Crippen LogP contribution >= 0.6 is 0 Å². The fourth-order valence-corrected chi connectivity index (χ4v) is 2.28. The Balaban J connectivity index is 2.15. The molecule has 1 amide bonds. The van der Waals surface area contributed by atoms with E-state index in [1.807, 2.05) is 0 Å². The van der Waals surface area contributed by atoms with Gasteiger partial charge in [0.05, 0.1) is 27.0 Å². The summed E-state index contributed by atoms with van der Waals surface area (Å²) >= 11 is 0. The topological polar surface area (TPSA) is 68.8 Å². The van der Waals surface area contributed by atoms with Crippen LogP contribution < -0.4 is 24.8 Å². The van der Waals surface area contributed by atoms with Gasteiger partial charge in [0.2, 0.25) is 11.7 Å². The van der Waals surface area contributed by atoms with Crippen LogP contribution in [-0.4, -0.2) is 33.3 Å². The van der Waals surface area contributed by atoms with Crippen LogP contribution in [0.4, 0.5) is 15.8 Å². The lowest BCUT2D eigenvalue weighted by molar-refractivity contribution is -0.116. The third kappa shape index (κ3) is 4.32. The molecule has 2 rings (SSSR count). The molecule has 0 aliphatic carbocycles. The molecule has 0 aromatic heterocycles. The monoisotopic (exact) mass is 348 g/mol. The number of benzene rings is 2. The molecule has 0 aliphatic heterocycles. The zero-order valence-electron chi connectivity index (χ0n) is 14.6. The maximum atomic E-state index is 13.6. The standard InChI is InChI=1S/C18H21FN2O4/c1-11(18(22)21-14-8-6-5-7-13(14)19)20-12-9-15(23-2)17(25-4)16(10-12)24-3/h5-11,20H,1-4H3,(H,21,22)/t11-/m0/s1. The number of rotatable bonds is 7. The maximum absolute atomic E-state index is 13.6. The molecule has 7 heteroatoms. The molecular formula is C18H21FN2O4. The lowest BCUT2D eigenvalue weighted by Gasteiger charge is -2.18. The average molecular weight is 348 g/mol. The number of anilines is 2. The number of amides is 1. The fraction of sp³-hybridized carbons (Fsp3) is 0.278. The van der Waals surface area contributed by atoms with E-state index in [-0.39, 0.29) is 11.6 Å². The van der Waals surface area contributed by atoms with E-state index in [0.717, 1.165) is 0 Å². The molecule has 2 aromatic carbocycles. The number of hydrogen-bond donors (Lipinski definition) is 2. The van der Waals surface area contributed by atoms with Crippen molar-refractivity contribution in [3.05, 3.63) is 42.2 Å². The van der Waals surface area contributed by atoms with Crippen molar-refractivity contribution < 1.29 is 23.4 Å². The number of ether oxygens (including phenoxy) is 3. The molecule has 0 unspecified atom stereocenters. The first-order chi connectivity index (χ1) is 12.0. The molecule has 1 atom stereocenters. The van der Waals surface area contributed by atoms with Crippen LogP contribution in [0.5, 0.6) is 17.2 Å². The van der Waals surface area contributed by atoms with Crippen LogP contribution in [0.2, 0.25) is 0 Å². The van der Waals surface area contributed by atoms with Gasteiger partial charge in [-0.15, -0.1) is 0 Å². The van der Waals surface area contributed by atoms with Gasteiger partial charge in [0.15, 0.2) is 11.5 Å². The summed E-state index contributed by atoms with van der Waals surface area (Å²) in [4.78, 5) is 12.3. The summed E-state index contributed by atoms with van der Waals surface area (Å²) in [6.45, 7) is 1.67. The summed E-state index contributed by atoms with van der Waals surface area (Å²) in [5, 5.41) is 5.58. The van der Waals surface area contributed by atoms with Gasteiger partial charge in [-0.3, -0.25) is 4.79 Å². The molecule has 2 N–H and O–H groups in total. The van der Waals surface area contributed by atoms with E-state index >= 15 is 0 Å². The molecule has 0 saturated carbocycles. The highest BCUT2D eigenvalue weighted by molar-refractivity contribution is 5.96. The maximum Gasteiger partial charge on any atom is 0.246 e. The summed E-state index contributed by atoms with van der Waals surface area (Å²) in [6.07, 6.45) is 0. The number of nitrogens with one attached hydrogen (secondary N) is 2. The summed E-state index contributed by atoms with van der Waals surface area (Å²) < 4.78 is 29.5. The third-order valence-electron chi connectivity index (χ3n) is 3.57. The molecular weight excluding hydrogens is 327 g/mol. The first-order valence-corrected chi connectivity index (χ1v) is 7.62. The van der Waals surface area contributed by atoms with Crippen LogP contribution in [0.15, 0.2) is 36.4 Å². The number of carbonyl (C=O) groups excluding carboxylic acids is 1. The predicted molar refractivity (Wildman–Crippen MR) is 94.2 cm³/mol. The Kier molecular flexibility index (Phi) is 6.05. The van der Waals surface area contributed by atoms with Crippen molar-refractivity contribution in [3.8, 4) is 17.2 Å². The number of hydrogen-bond acceptors (Lipinski definition) is 5. The first-order valence-electron chi connectivity index (χ1n) is 7.62. The predicted octanol–water partition coefficient (Wildman–Crippen LogP) is 3.29. The SMILES string of the molecule is COc1cc(N[C@@H](C)C(=O)Nc2ccccc2F)cc(OC)c1OC. The minimum atomic E-state index is -0.623. The lowest BCUT2D eigenvalue weighted by Crippen LogP contribution is -2.32. The summed E-state index contributed by atoms with van der Waals surface area (Å²) in [5.41, 5.74) is 0.733. The van der Waals surface area contributed by atoms with Crippen LogP contribution in [0.25, 0.3) is 0 Å². The Hall–Kier alpha value is -2.96. The van der Waals surface area contributed by atoms with Crippen molar-refractivity contribution >= 4 is 17.3 Å². The average Bonchev–Trinajstić information content (AvgIpc) is 2.62. The van der Waals surface area contributed by atoms with Gasteiger partial charge < -0.3 is 24.8 Å². The molecule has 0 aliphatic rings. The van der Waals surface area contributed by atoms with Crippen LogP contribution in [0.1, 0.15) is 6.92 Å². The van der Waals surface area contributed by atoms with Gasteiger partial charge in [-0.05, 0) is 19.1 Å². The fourth-order valence-electron chi connectivity index (χ4n) is 2.28. The van der Waals surface area contributed by atoms with E-state index in [9.17, 15) is 9.18 Å². The Labute approximate surface area is 145 Å². The highest BCUT2D eigenvalue weighted by Gasteiger charge is 2.18. The highest BCUT2D eigenvalue weighted by Crippen LogP contribution is 2.40. The van der Waals surface area contributed by atoms with Crippen molar-refractivity contribution in [2.45, 2.75) is 13.0 Å². The molecule has 0 heterocycles. The van der Waals surface area contributed by atoms with Crippen molar-refractivity contribution in [1.29, 1.82) is 0 Å². The van der Waals surface area contributed by atoms with Crippen LogP contribution in [0, 0.1) is 5.82 Å². The largest absolute Gasteiger partial charge is 0.493 e. The van der Waals surface area contributed by atoms with Gasteiger partial charge in [0, 0.05) is 17.8 Å². The summed E-state index contributed by atoms with van der Waals surface area (Å²) in [5.74, 6) is 0.519. The lowest BCUT2D eigenvalue weighted by atomic mass is 10.2. The second-order valence-electron chi connectivity index (χ2n) is 5.25. The highest BCUT2D eigenvalue weighted by atomic mass is 19.1. The Morgan fingerprint density at radius 2 is 1.64 bits per heavy atom. The zero-order valence-corrected chi connectivity index (χ0v) is 14.6. The Morgan fingerprint density at radius 3 is 2.16 bits per heavy atom. The van der Waals surface area contributed by atoms with Crippen molar-refractivity contribution in [3.63, 3.8) is 0 Å². The smallest absolute Gasteiger partial charge is 0.246 e. The van der Waals surface area contributed by atoms with E-state index in [1.54, 1.807) is 31.2 Å². The van der Waals surface area contributed by atoms with Gasteiger partial charge in [-0.1, -0.05) is 12.1 Å². The van der Waals surface area contributed by atoms with Gasteiger partial charge in [-0.25, -0.2) is 4.39 Å². The quantitative estimate of drug-likeness (QED) is 0.804. The Bertz CT molecular complexity index is 727. The summed E-state index contributed by atoms with van der Waals surface area (Å²) in [7, 11) is 4.53. The van der Waals surface area contributed by atoms with Crippen LogP contribution in [-0.2, 0) is 4.79 Å². The molecule has 134 valence electrons. The Morgan fingerprint density at radius 1 is 1.04 bits per heavy atom. The van der Waals surface area contributed by atoms with Gasteiger partial charge in [-0.2, -0.15) is 0 Å². The second-order valence-corrected chi connectivity index (χ2v) is 5.25. The van der Waals surface area contributed by atoms with Gasteiger partial charge in [0.25, 0.3) is 0 Å². The normalized spacial score (nSPS) is 11.4. The van der Waals surface area contributed by atoms with E-state index in [1.165, 1.54) is 33.5 Å². The summed E-state index contributed by atoms with van der Waals surface area (Å²) in [6, 6.07) is 8.75. The number of halogens is 1. The number of methoxy groups -OCH3 is 3. The number of para-hydroxylation sites is 1. The molecule has 6 nitrogen and oxygen atoms in total.